The standard InChI is InChI=1S/C7H7Cl.4ClH.Sn/c1-6-4-2-3-5-7(6)8;;;;;/h2-5H,1H3;4*1H;/q;;;;;+4/p-4. The molecule has 74 valence electrons. The van der Waals surface area contributed by atoms with Gasteiger partial charge in [0.1, 0.15) is 0 Å². The van der Waals surface area contributed by atoms with Gasteiger partial charge in [-0.3, -0.25) is 0 Å². The topological polar surface area (TPSA) is 0 Å². The van der Waals surface area contributed by atoms with Crippen LogP contribution in [0, 0.1) is 6.92 Å². The zero-order valence-electron chi connectivity index (χ0n) is 6.70. The van der Waals surface area contributed by atoms with Crippen LogP contribution in [0.15, 0.2) is 24.3 Å². The van der Waals surface area contributed by atoms with Crippen molar-refractivity contribution < 1.29 is 0 Å². The average molecular weight is 387 g/mol. The van der Waals surface area contributed by atoms with E-state index in [2.05, 4.69) is 0 Å². The second-order valence-corrected chi connectivity index (χ2v) is 28.0. The molecule has 0 radical (unpaired) electrons. The summed E-state index contributed by atoms with van der Waals surface area (Å²) in [7, 11) is 20.1. The van der Waals surface area contributed by atoms with Gasteiger partial charge in [0.2, 0.25) is 0 Å². The summed E-state index contributed by atoms with van der Waals surface area (Å²) >= 11 is 2.42. The van der Waals surface area contributed by atoms with Gasteiger partial charge in [0, 0.05) is 5.02 Å². The summed E-state index contributed by atoms with van der Waals surface area (Å²) in [5.41, 5.74) is 1.13. The van der Waals surface area contributed by atoms with E-state index >= 15 is 0 Å². The summed E-state index contributed by atoms with van der Waals surface area (Å²) in [6.07, 6.45) is 0. The Morgan fingerprint density at radius 3 is 1.62 bits per heavy atom. The Hall–Kier alpha value is 1.47. The van der Waals surface area contributed by atoms with E-state index in [0.29, 0.717) is 0 Å². The minimum atomic E-state index is -3.29. The molecule has 6 heteroatoms. The van der Waals surface area contributed by atoms with E-state index < -0.39 is 13.9 Å². The average Bonchev–Trinajstić information content (AvgIpc) is 1.92. The molecule has 0 atom stereocenters. The molecule has 1 aromatic carbocycles. The molecule has 13 heavy (non-hydrogen) atoms. The maximum atomic E-state index is 5.71. The Balaban J connectivity index is 0.000000252. The number of aryl methyl sites for hydroxylation is 1. The molecule has 0 nitrogen and oxygen atoms in total. The first-order chi connectivity index (χ1) is 5.80. The molecule has 0 aliphatic rings. The third-order valence-corrected chi connectivity index (χ3v) is 1.50. The van der Waals surface area contributed by atoms with Crippen LogP contribution in [0.2, 0.25) is 5.02 Å². The second-order valence-electron chi connectivity index (χ2n) is 2.18. The van der Waals surface area contributed by atoms with Gasteiger partial charge in [-0.2, -0.15) is 0 Å². The van der Waals surface area contributed by atoms with Crippen molar-refractivity contribution in [3.05, 3.63) is 34.9 Å². The van der Waals surface area contributed by atoms with Gasteiger partial charge in [-0.25, -0.2) is 0 Å². The molecule has 0 spiro atoms. The molecule has 0 aromatic heterocycles. The van der Waals surface area contributed by atoms with Gasteiger partial charge in [-0.15, -0.1) is 0 Å². The second kappa shape index (κ2) is 6.86. The number of halogens is 5. The summed E-state index contributed by atoms with van der Waals surface area (Å²) in [6.45, 7) is 1.99. The Kier molecular flexibility index (Phi) is 7.64. The third-order valence-electron chi connectivity index (χ3n) is 1.08. The number of benzene rings is 1. The number of rotatable bonds is 0. The number of hydrogen-bond acceptors (Lipinski definition) is 0. The SMILES string of the molecule is Cc1ccccc1Cl.[Cl][Sn]([Cl])([Cl])[Cl]. The van der Waals surface area contributed by atoms with E-state index in [1.807, 2.05) is 31.2 Å². The molecule has 0 N–H and O–H groups in total. The Morgan fingerprint density at radius 1 is 1.00 bits per heavy atom. The van der Waals surface area contributed by atoms with Crippen LogP contribution in [0.1, 0.15) is 5.56 Å². The van der Waals surface area contributed by atoms with Crippen molar-refractivity contribution in [1.82, 2.24) is 0 Å². The van der Waals surface area contributed by atoms with E-state index in [4.69, 9.17) is 47.3 Å². The molecule has 0 amide bonds. The van der Waals surface area contributed by atoms with Crippen molar-refractivity contribution in [3.63, 3.8) is 0 Å². The molecule has 0 saturated heterocycles. The molecule has 0 fully saturated rings. The van der Waals surface area contributed by atoms with E-state index in [-0.39, 0.29) is 0 Å². The molecule has 1 rings (SSSR count). The third kappa shape index (κ3) is 11.4. The van der Waals surface area contributed by atoms with Crippen LogP contribution in [-0.2, 0) is 0 Å². The van der Waals surface area contributed by atoms with Crippen molar-refractivity contribution in [2.75, 3.05) is 0 Å². The van der Waals surface area contributed by atoms with Gasteiger partial charge in [0.15, 0.2) is 0 Å². The first kappa shape index (κ1) is 14.5. The van der Waals surface area contributed by atoms with E-state index in [0.717, 1.165) is 10.6 Å². The van der Waals surface area contributed by atoms with Crippen molar-refractivity contribution in [2.45, 2.75) is 6.92 Å². The normalized spacial score (nSPS) is 10.3. The van der Waals surface area contributed by atoms with Gasteiger partial charge in [0.05, 0.1) is 0 Å². The van der Waals surface area contributed by atoms with Crippen LogP contribution in [0.5, 0.6) is 0 Å². The fourth-order valence-corrected chi connectivity index (χ4v) is 0.687. The van der Waals surface area contributed by atoms with Crippen LogP contribution >= 0.6 is 47.3 Å². The van der Waals surface area contributed by atoms with Crippen molar-refractivity contribution in [1.29, 1.82) is 0 Å². The predicted octanol–water partition coefficient (Wildman–Crippen LogP) is 5.03. The van der Waals surface area contributed by atoms with E-state index in [9.17, 15) is 0 Å². The molecule has 0 aliphatic heterocycles. The molecule has 0 heterocycles. The molecule has 0 bridgehead atoms. The van der Waals surface area contributed by atoms with Crippen molar-refractivity contribution in [3.8, 4) is 0 Å². The van der Waals surface area contributed by atoms with Crippen LogP contribution in [0.4, 0.5) is 0 Å². The fraction of sp³-hybridized carbons (Fsp3) is 0.143. The zero-order valence-corrected chi connectivity index (χ0v) is 13.3. The summed E-state index contributed by atoms with van der Waals surface area (Å²) in [4.78, 5) is 0. The molecule has 0 unspecified atom stereocenters. The first-order valence-corrected chi connectivity index (χ1v) is 18.1. The predicted molar refractivity (Wildman–Crippen MR) is 65.4 cm³/mol. The van der Waals surface area contributed by atoms with Crippen LogP contribution < -0.4 is 0 Å². The molecular formula is C7H7Cl5Sn. The zero-order chi connectivity index (χ0) is 10.5. The summed E-state index contributed by atoms with van der Waals surface area (Å²) in [5, 5.41) is 0.840. The Labute approximate surface area is 102 Å². The van der Waals surface area contributed by atoms with Crippen LogP contribution in [0.25, 0.3) is 0 Å². The number of hydrogen-bond donors (Lipinski definition) is 0. The Bertz CT molecular complexity index is 230. The van der Waals surface area contributed by atoms with E-state index in [1.54, 1.807) is 0 Å². The van der Waals surface area contributed by atoms with Gasteiger partial charge in [-0.05, 0) is 18.6 Å². The van der Waals surface area contributed by atoms with Gasteiger partial charge in [0.25, 0.3) is 0 Å². The summed E-state index contributed by atoms with van der Waals surface area (Å²) < 4.78 is 0. The monoisotopic (exact) mass is 386 g/mol. The van der Waals surface area contributed by atoms with Crippen molar-refractivity contribution >= 4 is 61.2 Å². The minimum absolute atomic E-state index is 0.840. The summed E-state index contributed by atoms with van der Waals surface area (Å²) in [5.74, 6) is 0. The van der Waals surface area contributed by atoms with Gasteiger partial charge < -0.3 is 0 Å². The van der Waals surface area contributed by atoms with Crippen molar-refractivity contribution in [2.24, 2.45) is 0 Å². The summed E-state index contributed by atoms with van der Waals surface area (Å²) in [6, 6.07) is 7.77. The van der Waals surface area contributed by atoms with Crippen LogP contribution in [-0.4, -0.2) is 13.9 Å². The quantitative estimate of drug-likeness (QED) is 0.549. The van der Waals surface area contributed by atoms with E-state index in [1.165, 1.54) is 0 Å². The molecular weight excluding hydrogens is 380 g/mol. The molecule has 0 saturated carbocycles. The first-order valence-electron chi connectivity index (χ1n) is 3.27. The molecule has 0 aliphatic carbocycles. The van der Waals surface area contributed by atoms with Gasteiger partial charge in [-0.1, -0.05) is 29.8 Å². The van der Waals surface area contributed by atoms with Crippen LogP contribution in [0.3, 0.4) is 0 Å². The fourth-order valence-electron chi connectivity index (χ4n) is 0.551. The Morgan fingerprint density at radius 2 is 1.38 bits per heavy atom. The maximum absolute atomic E-state index is 5.71. The molecule has 1 aromatic rings. The van der Waals surface area contributed by atoms with Gasteiger partial charge >= 0.3 is 49.6 Å².